The summed E-state index contributed by atoms with van der Waals surface area (Å²) in [5, 5.41) is 8.69. The van der Waals surface area contributed by atoms with Gasteiger partial charge in [0, 0.05) is 6.42 Å². The molecule has 66 valence electrons. The van der Waals surface area contributed by atoms with Gasteiger partial charge in [0.1, 0.15) is 0 Å². The number of carbonyl (C=O) groups excluding carboxylic acids is 1. The van der Waals surface area contributed by atoms with E-state index < -0.39 is 18.2 Å². The van der Waals surface area contributed by atoms with Crippen molar-refractivity contribution >= 4 is 5.97 Å². The van der Waals surface area contributed by atoms with Gasteiger partial charge in [0.2, 0.25) is 0 Å². The van der Waals surface area contributed by atoms with Crippen molar-refractivity contribution in [2.24, 2.45) is 0 Å². The second-order valence-corrected chi connectivity index (χ2v) is 2.30. The Bertz CT molecular complexity index is 125. The van der Waals surface area contributed by atoms with Crippen LogP contribution in [0.4, 0.5) is 4.39 Å². The van der Waals surface area contributed by atoms with E-state index in [-0.39, 0.29) is 13.0 Å². The van der Waals surface area contributed by atoms with Crippen LogP contribution in [0.2, 0.25) is 0 Å². The molecule has 0 aromatic rings. The molecule has 0 radical (unpaired) electrons. The Morgan fingerprint density at radius 3 is 2.64 bits per heavy atom. The Labute approximate surface area is 65.2 Å². The first-order valence-corrected chi connectivity index (χ1v) is 3.56. The number of aliphatic hydroxyl groups excluding tert-OH is 1. The van der Waals surface area contributed by atoms with Gasteiger partial charge in [-0.05, 0) is 13.8 Å². The zero-order chi connectivity index (χ0) is 8.85. The first-order chi connectivity index (χ1) is 5.07. The normalized spacial score (nSPS) is 15.6. The van der Waals surface area contributed by atoms with E-state index in [0.717, 1.165) is 0 Å². The van der Waals surface area contributed by atoms with Crippen LogP contribution < -0.4 is 0 Å². The Kier molecular flexibility index (Phi) is 4.77. The average molecular weight is 164 g/mol. The molecular formula is C7H13FO3. The van der Waals surface area contributed by atoms with Crippen LogP contribution in [0.5, 0.6) is 0 Å². The van der Waals surface area contributed by atoms with E-state index in [9.17, 15) is 9.18 Å². The molecule has 4 heteroatoms. The predicted octanol–water partition coefficient (Wildman–Crippen LogP) is 0.658. The number of esters is 1. The Hall–Kier alpha value is -0.640. The van der Waals surface area contributed by atoms with Crippen LogP contribution in [-0.4, -0.2) is 30.0 Å². The molecule has 0 aliphatic carbocycles. The van der Waals surface area contributed by atoms with Crippen LogP contribution in [0, 0.1) is 0 Å². The third kappa shape index (κ3) is 4.72. The molecule has 11 heavy (non-hydrogen) atoms. The molecule has 0 rings (SSSR count). The Balaban J connectivity index is 3.64. The number of ether oxygens (including phenoxy) is 1. The minimum atomic E-state index is -1.70. The molecule has 0 bridgehead atoms. The topological polar surface area (TPSA) is 46.5 Å². The van der Waals surface area contributed by atoms with Gasteiger partial charge in [-0.2, -0.15) is 0 Å². The zero-order valence-electron chi connectivity index (χ0n) is 6.71. The highest BCUT2D eigenvalue weighted by atomic mass is 19.1. The Morgan fingerprint density at radius 1 is 1.73 bits per heavy atom. The summed E-state index contributed by atoms with van der Waals surface area (Å²) < 4.78 is 17.0. The molecule has 0 amide bonds. The van der Waals surface area contributed by atoms with Crippen LogP contribution in [0.15, 0.2) is 0 Å². The third-order valence-electron chi connectivity index (χ3n) is 1.09. The predicted molar refractivity (Wildman–Crippen MR) is 37.8 cm³/mol. The summed E-state index contributed by atoms with van der Waals surface area (Å²) in [5.74, 6) is -0.895. The largest absolute Gasteiger partial charge is 0.464 e. The standard InChI is InChI=1S/C7H13FO3/c1-3-11-7(10)6(8)4-5(2)9/h5-6,9H,3-4H2,1-2H3/t5-,6-/m0/s1. The second kappa shape index (κ2) is 5.07. The van der Waals surface area contributed by atoms with Crippen molar-refractivity contribution in [2.75, 3.05) is 6.61 Å². The van der Waals surface area contributed by atoms with Crippen LogP contribution >= 0.6 is 0 Å². The third-order valence-corrected chi connectivity index (χ3v) is 1.09. The molecule has 0 aliphatic heterocycles. The Morgan fingerprint density at radius 2 is 2.27 bits per heavy atom. The van der Waals surface area contributed by atoms with E-state index in [1.54, 1.807) is 6.92 Å². The van der Waals surface area contributed by atoms with Crippen LogP contribution in [-0.2, 0) is 9.53 Å². The lowest BCUT2D eigenvalue weighted by Gasteiger charge is -2.08. The molecule has 0 saturated heterocycles. The van der Waals surface area contributed by atoms with Gasteiger partial charge in [-0.3, -0.25) is 0 Å². The number of halogens is 1. The summed E-state index contributed by atoms with van der Waals surface area (Å²) in [6.07, 6.45) is -2.71. The number of hydrogen-bond donors (Lipinski definition) is 1. The fourth-order valence-corrected chi connectivity index (χ4v) is 0.628. The molecule has 0 fully saturated rings. The highest BCUT2D eigenvalue weighted by Crippen LogP contribution is 2.04. The second-order valence-electron chi connectivity index (χ2n) is 2.30. The summed E-state index contributed by atoms with van der Waals surface area (Å²) in [7, 11) is 0. The van der Waals surface area contributed by atoms with E-state index in [1.165, 1.54) is 6.92 Å². The molecule has 1 N–H and O–H groups in total. The summed E-state index contributed by atoms with van der Waals surface area (Å²) in [6, 6.07) is 0. The van der Waals surface area contributed by atoms with Crippen molar-refractivity contribution in [3.63, 3.8) is 0 Å². The number of hydrogen-bond acceptors (Lipinski definition) is 3. The first kappa shape index (κ1) is 10.4. The van der Waals surface area contributed by atoms with E-state index >= 15 is 0 Å². The summed E-state index contributed by atoms with van der Waals surface area (Å²) in [6.45, 7) is 3.19. The minimum Gasteiger partial charge on any atom is -0.464 e. The summed E-state index contributed by atoms with van der Waals surface area (Å²) in [5.41, 5.74) is 0. The van der Waals surface area contributed by atoms with Gasteiger partial charge in [-0.1, -0.05) is 0 Å². The van der Waals surface area contributed by atoms with Gasteiger partial charge in [0.25, 0.3) is 0 Å². The molecule has 0 unspecified atom stereocenters. The maximum absolute atomic E-state index is 12.6. The lowest BCUT2D eigenvalue weighted by Crippen LogP contribution is -2.22. The molecule has 3 nitrogen and oxygen atoms in total. The van der Waals surface area contributed by atoms with Crippen LogP contribution in [0.25, 0.3) is 0 Å². The molecule has 2 atom stereocenters. The van der Waals surface area contributed by atoms with Crippen molar-refractivity contribution in [3.05, 3.63) is 0 Å². The number of alkyl halides is 1. The van der Waals surface area contributed by atoms with Crippen LogP contribution in [0.3, 0.4) is 0 Å². The zero-order valence-corrected chi connectivity index (χ0v) is 6.71. The number of rotatable bonds is 4. The minimum absolute atomic E-state index is 0.166. The lowest BCUT2D eigenvalue weighted by molar-refractivity contribution is -0.150. The molecule has 0 aromatic carbocycles. The molecule has 0 aliphatic rings. The summed E-state index contributed by atoms with van der Waals surface area (Å²) >= 11 is 0. The molecular weight excluding hydrogens is 151 g/mol. The van der Waals surface area contributed by atoms with Crippen molar-refractivity contribution in [2.45, 2.75) is 32.5 Å². The fourth-order valence-electron chi connectivity index (χ4n) is 0.628. The van der Waals surface area contributed by atoms with Gasteiger partial charge in [0.15, 0.2) is 6.17 Å². The van der Waals surface area contributed by atoms with Crippen molar-refractivity contribution in [1.82, 2.24) is 0 Å². The van der Waals surface area contributed by atoms with Crippen molar-refractivity contribution in [1.29, 1.82) is 0 Å². The van der Waals surface area contributed by atoms with Gasteiger partial charge in [-0.15, -0.1) is 0 Å². The smallest absolute Gasteiger partial charge is 0.340 e. The molecule has 0 heterocycles. The molecule has 0 spiro atoms. The fraction of sp³-hybridized carbons (Fsp3) is 0.857. The SMILES string of the molecule is CCOC(=O)[C@@H](F)C[C@H](C)O. The average Bonchev–Trinajstić information content (AvgIpc) is 1.86. The van der Waals surface area contributed by atoms with E-state index in [2.05, 4.69) is 4.74 Å². The summed E-state index contributed by atoms with van der Waals surface area (Å²) in [4.78, 5) is 10.6. The van der Waals surface area contributed by atoms with E-state index in [0.29, 0.717) is 0 Å². The van der Waals surface area contributed by atoms with E-state index in [4.69, 9.17) is 5.11 Å². The van der Waals surface area contributed by atoms with Gasteiger partial charge in [-0.25, -0.2) is 9.18 Å². The number of aliphatic hydroxyl groups is 1. The van der Waals surface area contributed by atoms with Gasteiger partial charge >= 0.3 is 5.97 Å². The number of carbonyl (C=O) groups is 1. The lowest BCUT2D eigenvalue weighted by atomic mass is 10.2. The quantitative estimate of drug-likeness (QED) is 0.621. The monoisotopic (exact) mass is 164 g/mol. The van der Waals surface area contributed by atoms with E-state index in [1.807, 2.05) is 0 Å². The molecule has 0 saturated carbocycles. The van der Waals surface area contributed by atoms with Gasteiger partial charge < -0.3 is 9.84 Å². The maximum Gasteiger partial charge on any atom is 0.340 e. The maximum atomic E-state index is 12.6. The highest BCUT2D eigenvalue weighted by molar-refractivity contribution is 5.74. The first-order valence-electron chi connectivity index (χ1n) is 3.56. The highest BCUT2D eigenvalue weighted by Gasteiger charge is 2.19. The van der Waals surface area contributed by atoms with Gasteiger partial charge in [0.05, 0.1) is 12.7 Å². The molecule has 0 aromatic heterocycles. The van der Waals surface area contributed by atoms with Crippen molar-refractivity contribution in [3.8, 4) is 0 Å². The van der Waals surface area contributed by atoms with Crippen molar-refractivity contribution < 1.29 is 19.0 Å². The van der Waals surface area contributed by atoms with Crippen LogP contribution in [0.1, 0.15) is 20.3 Å².